The quantitative estimate of drug-likeness (QED) is 0.506. The van der Waals surface area contributed by atoms with Crippen molar-refractivity contribution in [3.8, 4) is 0 Å². The summed E-state index contributed by atoms with van der Waals surface area (Å²) < 4.78 is 9.25. The molecule has 1 aliphatic heterocycles. The zero-order chi connectivity index (χ0) is 10.0. The van der Waals surface area contributed by atoms with E-state index >= 15 is 0 Å². The fraction of sp³-hybridized carbons (Fsp3) is 0.571. The first kappa shape index (κ1) is 9.82. The van der Waals surface area contributed by atoms with Crippen molar-refractivity contribution in [1.82, 2.24) is 0 Å². The molecule has 0 radical (unpaired) electrons. The zero-order valence-electron chi connectivity index (χ0n) is 6.93. The summed E-state index contributed by atoms with van der Waals surface area (Å²) >= 11 is 0. The Kier molecular flexibility index (Phi) is 2.74. The maximum Gasteiger partial charge on any atom is 0.377 e. The lowest BCUT2D eigenvalue weighted by molar-refractivity contribution is -0.149. The molecular formula is C7H10O6. The van der Waals surface area contributed by atoms with E-state index in [4.69, 9.17) is 20.1 Å². The van der Waals surface area contributed by atoms with Gasteiger partial charge in [-0.15, -0.1) is 0 Å². The molecule has 0 unspecified atom stereocenters. The highest BCUT2D eigenvalue weighted by molar-refractivity contribution is 5.89. The van der Waals surface area contributed by atoms with Crippen molar-refractivity contribution in [2.75, 3.05) is 13.7 Å². The van der Waals surface area contributed by atoms with Crippen LogP contribution in [0.15, 0.2) is 11.5 Å². The molecule has 2 atom stereocenters. The smallest absolute Gasteiger partial charge is 0.377 e. The Morgan fingerprint density at radius 1 is 1.62 bits per heavy atom. The molecule has 0 fully saturated rings. The van der Waals surface area contributed by atoms with Gasteiger partial charge < -0.3 is 24.8 Å². The van der Waals surface area contributed by atoms with Crippen molar-refractivity contribution in [3.63, 3.8) is 0 Å². The predicted octanol–water partition coefficient (Wildman–Crippen LogP) is -0.753. The number of cyclic esters (lactones) is 1. The average molecular weight is 190 g/mol. The van der Waals surface area contributed by atoms with E-state index in [0.29, 0.717) is 0 Å². The topological polar surface area (TPSA) is 96.2 Å². The number of carbonyl (C=O) groups excluding carboxylic acids is 1. The molecular weight excluding hydrogens is 180 g/mol. The van der Waals surface area contributed by atoms with Gasteiger partial charge in [0.15, 0.2) is 11.9 Å². The van der Waals surface area contributed by atoms with E-state index in [0.717, 1.165) is 0 Å². The number of methoxy groups -OCH3 is 1. The first-order chi connectivity index (χ1) is 6.11. The lowest BCUT2D eigenvalue weighted by atomic mass is 10.2. The summed E-state index contributed by atoms with van der Waals surface area (Å²) in [5.74, 6) is -2.45. The Morgan fingerprint density at radius 2 is 2.23 bits per heavy atom. The minimum Gasteiger partial charge on any atom is -0.505 e. The van der Waals surface area contributed by atoms with Crippen LogP contribution in [0.4, 0.5) is 0 Å². The third-order valence-corrected chi connectivity index (χ3v) is 1.76. The summed E-state index contributed by atoms with van der Waals surface area (Å²) in [6.07, 6.45) is -1.99. The molecule has 1 aliphatic rings. The fourth-order valence-electron chi connectivity index (χ4n) is 1.01. The van der Waals surface area contributed by atoms with Gasteiger partial charge in [-0.05, 0) is 0 Å². The van der Waals surface area contributed by atoms with Gasteiger partial charge in [-0.3, -0.25) is 0 Å². The van der Waals surface area contributed by atoms with E-state index in [1.807, 2.05) is 0 Å². The molecule has 1 rings (SSSR count). The molecule has 0 saturated carbocycles. The molecule has 1 heterocycles. The number of esters is 1. The van der Waals surface area contributed by atoms with Crippen LogP contribution >= 0.6 is 0 Å². The molecule has 0 aromatic heterocycles. The second kappa shape index (κ2) is 3.63. The minimum absolute atomic E-state index is 0.425. The van der Waals surface area contributed by atoms with Gasteiger partial charge in [-0.1, -0.05) is 0 Å². The largest absolute Gasteiger partial charge is 0.505 e. The molecule has 6 heteroatoms. The summed E-state index contributed by atoms with van der Waals surface area (Å²) in [6.45, 7) is -0.425. The van der Waals surface area contributed by atoms with Crippen molar-refractivity contribution < 1.29 is 29.6 Å². The van der Waals surface area contributed by atoms with E-state index in [1.165, 1.54) is 7.11 Å². The fourth-order valence-corrected chi connectivity index (χ4v) is 1.01. The van der Waals surface area contributed by atoms with Crippen LogP contribution < -0.4 is 0 Å². The Morgan fingerprint density at radius 3 is 2.54 bits per heavy atom. The lowest BCUT2D eigenvalue weighted by Crippen LogP contribution is -2.33. The standard InChI is InChI=1S/C7H10O6/c1-12-3(2-8)6-4(9)5(10)7(11)13-6/h3,6,8-10H,2H2,1H3/t3-,6-/m1/s1. The van der Waals surface area contributed by atoms with Gasteiger partial charge in [0.05, 0.1) is 6.61 Å². The normalized spacial score (nSPS) is 24.8. The summed E-state index contributed by atoms with van der Waals surface area (Å²) in [6, 6.07) is 0. The van der Waals surface area contributed by atoms with Gasteiger partial charge in [0.1, 0.15) is 6.10 Å². The third-order valence-electron chi connectivity index (χ3n) is 1.76. The average Bonchev–Trinajstić information content (AvgIpc) is 2.36. The van der Waals surface area contributed by atoms with Crippen molar-refractivity contribution in [2.24, 2.45) is 0 Å². The Bertz CT molecular complexity index is 241. The minimum atomic E-state index is -1.12. The molecule has 6 nitrogen and oxygen atoms in total. The summed E-state index contributed by atoms with van der Waals surface area (Å²) in [5.41, 5.74) is 0. The zero-order valence-corrected chi connectivity index (χ0v) is 6.93. The highest BCUT2D eigenvalue weighted by Crippen LogP contribution is 2.22. The number of hydrogen-bond acceptors (Lipinski definition) is 6. The summed E-state index contributed by atoms with van der Waals surface area (Å²) in [4.78, 5) is 10.7. The van der Waals surface area contributed by atoms with Crippen LogP contribution in [0.25, 0.3) is 0 Å². The molecule has 0 bridgehead atoms. The summed E-state index contributed by atoms with van der Waals surface area (Å²) in [5, 5.41) is 26.8. The van der Waals surface area contributed by atoms with Crippen LogP contribution in [0.5, 0.6) is 0 Å². The van der Waals surface area contributed by atoms with Crippen molar-refractivity contribution >= 4 is 5.97 Å². The van der Waals surface area contributed by atoms with Gasteiger partial charge >= 0.3 is 5.97 Å². The monoisotopic (exact) mass is 190 g/mol. The molecule has 74 valence electrons. The van der Waals surface area contributed by atoms with Crippen LogP contribution in [0.2, 0.25) is 0 Å². The molecule has 0 aromatic carbocycles. The molecule has 0 spiro atoms. The molecule has 0 amide bonds. The van der Waals surface area contributed by atoms with Gasteiger partial charge in [0, 0.05) is 7.11 Å². The van der Waals surface area contributed by atoms with Crippen LogP contribution in [0.3, 0.4) is 0 Å². The van der Waals surface area contributed by atoms with Crippen LogP contribution in [-0.4, -0.2) is 47.2 Å². The molecule has 0 aromatic rings. The van der Waals surface area contributed by atoms with Crippen molar-refractivity contribution in [3.05, 3.63) is 11.5 Å². The van der Waals surface area contributed by atoms with Gasteiger partial charge in [0.25, 0.3) is 0 Å². The summed E-state index contributed by atoms with van der Waals surface area (Å²) in [7, 11) is 1.29. The second-order valence-corrected chi connectivity index (χ2v) is 2.52. The van der Waals surface area contributed by atoms with Crippen molar-refractivity contribution in [2.45, 2.75) is 12.2 Å². The Labute approximate surface area is 74.0 Å². The first-order valence-corrected chi connectivity index (χ1v) is 3.58. The maximum absolute atomic E-state index is 10.7. The van der Waals surface area contributed by atoms with E-state index in [1.54, 1.807) is 0 Å². The van der Waals surface area contributed by atoms with E-state index < -0.39 is 36.3 Å². The highest BCUT2D eigenvalue weighted by atomic mass is 16.6. The lowest BCUT2D eigenvalue weighted by Gasteiger charge is -2.18. The number of ether oxygens (including phenoxy) is 2. The first-order valence-electron chi connectivity index (χ1n) is 3.58. The number of rotatable bonds is 3. The Balaban J connectivity index is 2.80. The van der Waals surface area contributed by atoms with Crippen molar-refractivity contribution in [1.29, 1.82) is 0 Å². The molecule has 13 heavy (non-hydrogen) atoms. The van der Waals surface area contributed by atoms with Gasteiger partial charge in [-0.25, -0.2) is 4.79 Å². The predicted molar refractivity (Wildman–Crippen MR) is 40.0 cm³/mol. The highest BCUT2D eigenvalue weighted by Gasteiger charge is 2.39. The van der Waals surface area contributed by atoms with E-state index in [-0.39, 0.29) is 0 Å². The third kappa shape index (κ3) is 1.58. The van der Waals surface area contributed by atoms with Gasteiger partial charge in [0.2, 0.25) is 5.76 Å². The van der Waals surface area contributed by atoms with Crippen LogP contribution in [0, 0.1) is 0 Å². The number of carbonyl (C=O) groups is 1. The van der Waals surface area contributed by atoms with E-state index in [9.17, 15) is 4.79 Å². The van der Waals surface area contributed by atoms with Crippen LogP contribution in [-0.2, 0) is 14.3 Å². The number of aliphatic hydroxyl groups excluding tert-OH is 3. The molecule has 0 aliphatic carbocycles. The van der Waals surface area contributed by atoms with E-state index in [2.05, 4.69) is 4.74 Å². The number of hydrogen-bond donors (Lipinski definition) is 3. The SMILES string of the molecule is CO[C@H](CO)[C@H]1OC(=O)C(O)=C1O. The second-order valence-electron chi connectivity index (χ2n) is 2.52. The van der Waals surface area contributed by atoms with Gasteiger partial charge in [-0.2, -0.15) is 0 Å². The van der Waals surface area contributed by atoms with Crippen LogP contribution in [0.1, 0.15) is 0 Å². The number of aliphatic hydroxyl groups is 3. The Hall–Kier alpha value is -1.27. The molecule has 3 N–H and O–H groups in total. The molecule has 0 saturated heterocycles. The maximum atomic E-state index is 10.7.